The van der Waals surface area contributed by atoms with Crippen LogP contribution in [0.25, 0.3) is 0 Å². The summed E-state index contributed by atoms with van der Waals surface area (Å²) in [7, 11) is 2.01. The average Bonchev–Trinajstić information content (AvgIpc) is 2.88. The Morgan fingerprint density at radius 3 is 2.79 bits per heavy atom. The minimum atomic E-state index is -0.0359. The number of aromatic nitrogens is 1. The molecule has 1 atom stereocenters. The van der Waals surface area contributed by atoms with E-state index in [1.807, 2.05) is 13.1 Å². The second-order valence-electron chi connectivity index (χ2n) is 5.30. The van der Waals surface area contributed by atoms with E-state index in [0.29, 0.717) is 11.9 Å². The van der Waals surface area contributed by atoms with Gasteiger partial charge in [0.25, 0.3) is 0 Å². The first kappa shape index (κ1) is 14.3. The Morgan fingerprint density at radius 1 is 1.47 bits per heavy atom. The third kappa shape index (κ3) is 3.07. The van der Waals surface area contributed by atoms with Gasteiger partial charge in [-0.25, -0.2) is 4.98 Å². The fraction of sp³-hybridized carbons (Fsp3) is 0.667. The summed E-state index contributed by atoms with van der Waals surface area (Å²) in [6.07, 6.45) is 7.37. The SMILES string of the molecule is CCOC1(C(Cc2cccnc2N)NC)CCCC1. The molecule has 1 saturated carbocycles. The maximum absolute atomic E-state index is 6.13. The lowest BCUT2D eigenvalue weighted by Crippen LogP contribution is -2.51. The van der Waals surface area contributed by atoms with E-state index in [0.717, 1.165) is 31.4 Å². The molecule has 0 aliphatic heterocycles. The predicted octanol–water partition coefficient (Wildman–Crippen LogP) is 2.14. The molecule has 1 fully saturated rings. The molecular formula is C15H25N3O. The van der Waals surface area contributed by atoms with Crippen LogP contribution in [0.15, 0.2) is 18.3 Å². The lowest BCUT2D eigenvalue weighted by molar-refractivity contribution is -0.0596. The third-order valence-electron chi connectivity index (χ3n) is 4.22. The van der Waals surface area contributed by atoms with E-state index in [1.165, 1.54) is 12.8 Å². The molecule has 0 spiro atoms. The van der Waals surface area contributed by atoms with Crippen molar-refractivity contribution in [1.82, 2.24) is 10.3 Å². The first-order valence-corrected chi connectivity index (χ1v) is 7.22. The van der Waals surface area contributed by atoms with Gasteiger partial charge in [-0.05, 0) is 44.9 Å². The molecule has 4 heteroatoms. The van der Waals surface area contributed by atoms with Crippen molar-refractivity contribution in [3.05, 3.63) is 23.9 Å². The van der Waals surface area contributed by atoms with Gasteiger partial charge in [-0.3, -0.25) is 0 Å². The van der Waals surface area contributed by atoms with Gasteiger partial charge in [-0.1, -0.05) is 18.9 Å². The van der Waals surface area contributed by atoms with Crippen molar-refractivity contribution in [2.45, 2.75) is 50.7 Å². The lowest BCUT2D eigenvalue weighted by Gasteiger charge is -2.37. The van der Waals surface area contributed by atoms with Crippen LogP contribution in [0.1, 0.15) is 38.2 Å². The maximum atomic E-state index is 6.13. The summed E-state index contributed by atoms with van der Waals surface area (Å²) in [5.41, 5.74) is 7.03. The Morgan fingerprint density at radius 2 is 2.21 bits per heavy atom. The molecule has 1 aliphatic carbocycles. The van der Waals surface area contributed by atoms with Gasteiger partial charge < -0.3 is 15.8 Å². The Labute approximate surface area is 115 Å². The minimum Gasteiger partial charge on any atom is -0.383 e. The highest BCUT2D eigenvalue weighted by Crippen LogP contribution is 2.37. The largest absolute Gasteiger partial charge is 0.383 e. The maximum Gasteiger partial charge on any atom is 0.126 e. The van der Waals surface area contributed by atoms with Gasteiger partial charge in [0.2, 0.25) is 0 Å². The smallest absolute Gasteiger partial charge is 0.126 e. The summed E-state index contributed by atoms with van der Waals surface area (Å²) < 4.78 is 6.13. The van der Waals surface area contributed by atoms with Crippen molar-refractivity contribution in [2.24, 2.45) is 0 Å². The highest BCUT2D eigenvalue weighted by Gasteiger charge is 2.41. The number of ether oxygens (including phenoxy) is 1. The summed E-state index contributed by atoms with van der Waals surface area (Å²) in [5, 5.41) is 3.44. The van der Waals surface area contributed by atoms with E-state index in [4.69, 9.17) is 10.5 Å². The van der Waals surface area contributed by atoms with Crippen LogP contribution >= 0.6 is 0 Å². The number of rotatable bonds is 6. The number of likely N-dealkylation sites (N-methyl/N-ethyl adjacent to an activating group) is 1. The molecule has 106 valence electrons. The summed E-state index contributed by atoms with van der Waals surface area (Å²) in [5.74, 6) is 0.632. The molecule has 0 saturated heterocycles. The number of nitrogen functional groups attached to an aromatic ring is 1. The quantitative estimate of drug-likeness (QED) is 0.825. The van der Waals surface area contributed by atoms with Gasteiger partial charge >= 0.3 is 0 Å². The molecule has 1 aromatic rings. The summed E-state index contributed by atoms with van der Waals surface area (Å²) in [6, 6.07) is 4.29. The minimum absolute atomic E-state index is 0.0359. The van der Waals surface area contributed by atoms with Crippen LogP contribution in [0.5, 0.6) is 0 Å². The number of pyridine rings is 1. The standard InChI is InChI=1S/C15H25N3O/c1-3-19-15(8-4-5-9-15)13(17-2)11-12-7-6-10-18-14(12)16/h6-7,10,13,17H,3-5,8-9,11H2,1-2H3,(H2,16,18). The van der Waals surface area contributed by atoms with Crippen LogP contribution in [0, 0.1) is 0 Å². The Hall–Kier alpha value is -1.13. The van der Waals surface area contributed by atoms with Crippen LogP contribution in [-0.2, 0) is 11.2 Å². The zero-order valence-corrected chi connectivity index (χ0v) is 12.0. The third-order valence-corrected chi connectivity index (χ3v) is 4.22. The van der Waals surface area contributed by atoms with Crippen LogP contribution in [-0.4, -0.2) is 30.3 Å². The lowest BCUT2D eigenvalue weighted by atomic mass is 9.87. The van der Waals surface area contributed by atoms with Gasteiger partial charge in [-0.15, -0.1) is 0 Å². The van der Waals surface area contributed by atoms with E-state index in [9.17, 15) is 0 Å². The van der Waals surface area contributed by atoms with E-state index in [-0.39, 0.29) is 5.60 Å². The van der Waals surface area contributed by atoms with Crippen molar-refractivity contribution < 1.29 is 4.74 Å². The van der Waals surface area contributed by atoms with E-state index < -0.39 is 0 Å². The zero-order chi connectivity index (χ0) is 13.7. The van der Waals surface area contributed by atoms with Crippen molar-refractivity contribution in [1.29, 1.82) is 0 Å². The zero-order valence-electron chi connectivity index (χ0n) is 12.0. The molecule has 2 rings (SSSR count). The summed E-state index contributed by atoms with van der Waals surface area (Å²) in [4.78, 5) is 4.17. The van der Waals surface area contributed by atoms with Crippen molar-refractivity contribution in [2.75, 3.05) is 19.4 Å². The van der Waals surface area contributed by atoms with Crippen LogP contribution in [0.3, 0.4) is 0 Å². The fourth-order valence-corrected chi connectivity index (χ4v) is 3.25. The summed E-state index contributed by atoms with van der Waals surface area (Å²) in [6.45, 7) is 2.84. The number of nitrogens with one attached hydrogen (secondary N) is 1. The van der Waals surface area contributed by atoms with E-state index in [1.54, 1.807) is 6.20 Å². The van der Waals surface area contributed by atoms with E-state index >= 15 is 0 Å². The molecule has 1 aliphatic rings. The van der Waals surface area contributed by atoms with Crippen LogP contribution in [0.4, 0.5) is 5.82 Å². The molecule has 4 nitrogen and oxygen atoms in total. The first-order valence-electron chi connectivity index (χ1n) is 7.22. The molecular weight excluding hydrogens is 238 g/mol. The molecule has 0 amide bonds. The average molecular weight is 263 g/mol. The van der Waals surface area contributed by atoms with Gasteiger partial charge in [0.15, 0.2) is 0 Å². The Kier molecular flexibility index (Phi) is 4.77. The molecule has 1 aromatic heterocycles. The monoisotopic (exact) mass is 263 g/mol. The molecule has 1 unspecified atom stereocenters. The molecule has 19 heavy (non-hydrogen) atoms. The van der Waals surface area contributed by atoms with Gasteiger partial charge in [-0.2, -0.15) is 0 Å². The normalized spacial score (nSPS) is 19.5. The van der Waals surface area contributed by atoms with Gasteiger partial charge in [0.1, 0.15) is 5.82 Å². The van der Waals surface area contributed by atoms with Crippen LogP contribution in [0.2, 0.25) is 0 Å². The van der Waals surface area contributed by atoms with E-state index in [2.05, 4.69) is 23.3 Å². The van der Waals surface area contributed by atoms with Crippen molar-refractivity contribution >= 4 is 5.82 Å². The molecule has 3 N–H and O–H groups in total. The predicted molar refractivity (Wildman–Crippen MR) is 78.0 cm³/mol. The number of hydrogen-bond donors (Lipinski definition) is 2. The first-order chi connectivity index (χ1) is 9.22. The number of nitrogens with two attached hydrogens (primary N) is 1. The molecule has 1 heterocycles. The Balaban J connectivity index is 2.17. The number of nitrogens with zero attached hydrogens (tertiary/aromatic N) is 1. The summed E-state index contributed by atoms with van der Waals surface area (Å²) >= 11 is 0. The highest BCUT2D eigenvalue weighted by atomic mass is 16.5. The molecule has 0 aromatic carbocycles. The molecule has 0 radical (unpaired) electrons. The molecule has 0 bridgehead atoms. The second-order valence-corrected chi connectivity index (χ2v) is 5.30. The van der Waals surface area contributed by atoms with Gasteiger partial charge in [0, 0.05) is 18.8 Å². The number of hydrogen-bond acceptors (Lipinski definition) is 4. The topological polar surface area (TPSA) is 60.2 Å². The highest BCUT2D eigenvalue weighted by molar-refractivity contribution is 5.39. The van der Waals surface area contributed by atoms with Crippen molar-refractivity contribution in [3.8, 4) is 0 Å². The number of anilines is 1. The van der Waals surface area contributed by atoms with Crippen LogP contribution < -0.4 is 11.1 Å². The Bertz CT molecular complexity index is 402. The fourth-order valence-electron chi connectivity index (χ4n) is 3.25. The second kappa shape index (κ2) is 6.35. The van der Waals surface area contributed by atoms with Crippen molar-refractivity contribution in [3.63, 3.8) is 0 Å². The van der Waals surface area contributed by atoms with Gasteiger partial charge in [0.05, 0.1) is 5.60 Å².